The summed E-state index contributed by atoms with van der Waals surface area (Å²) in [7, 11) is 0. The molecule has 0 heterocycles. The van der Waals surface area contributed by atoms with Crippen LogP contribution in [0.25, 0.3) is 0 Å². The molecule has 2 rings (SSSR count). The van der Waals surface area contributed by atoms with Crippen LogP contribution in [0.1, 0.15) is 72.6 Å². The van der Waals surface area contributed by atoms with E-state index in [-0.39, 0.29) is 5.41 Å². The molecular formula is C17H33NO. The molecule has 2 saturated carbocycles. The standard InChI is InChI=1S/C17H33NO/c1-13-6-5-7-17(19,14(13)2)16(12-18)10-8-15(3,4)9-11-16/h13-14,19H,5-12,18H2,1-4H3. The van der Waals surface area contributed by atoms with Crippen molar-refractivity contribution in [3.05, 3.63) is 0 Å². The van der Waals surface area contributed by atoms with Crippen molar-refractivity contribution in [2.24, 2.45) is 28.4 Å². The van der Waals surface area contributed by atoms with Crippen LogP contribution < -0.4 is 5.73 Å². The van der Waals surface area contributed by atoms with E-state index in [1.807, 2.05) is 0 Å². The molecule has 2 fully saturated rings. The summed E-state index contributed by atoms with van der Waals surface area (Å²) in [5, 5.41) is 11.5. The zero-order chi connectivity index (χ0) is 14.3. The van der Waals surface area contributed by atoms with Gasteiger partial charge in [-0.2, -0.15) is 0 Å². The van der Waals surface area contributed by atoms with Crippen LogP contribution >= 0.6 is 0 Å². The third-order valence-electron chi connectivity index (χ3n) is 6.69. The molecule has 0 radical (unpaired) electrons. The average molecular weight is 267 g/mol. The lowest BCUT2D eigenvalue weighted by atomic mass is 9.51. The number of aliphatic hydroxyl groups is 1. The Morgan fingerprint density at radius 3 is 2.16 bits per heavy atom. The van der Waals surface area contributed by atoms with Gasteiger partial charge in [0.1, 0.15) is 0 Å². The van der Waals surface area contributed by atoms with Crippen molar-refractivity contribution in [2.45, 2.75) is 78.2 Å². The van der Waals surface area contributed by atoms with E-state index in [0.717, 1.165) is 25.7 Å². The first kappa shape index (κ1) is 15.3. The lowest BCUT2D eigenvalue weighted by Crippen LogP contribution is -2.60. The summed E-state index contributed by atoms with van der Waals surface area (Å²) >= 11 is 0. The fourth-order valence-corrected chi connectivity index (χ4v) is 4.61. The molecular weight excluding hydrogens is 234 g/mol. The van der Waals surface area contributed by atoms with Gasteiger partial charge < -0.3 is 10.8 Å². The molecule has 0 bridgehead atoms. The molecule has 3 unspecified atom stereocenters. The summed E-state index contributed by atoms with van der Waals surface area (Å²) in [6.45, 7) is 9.90. The molecule has 0 aromatic heterocycles. The molecule has 0 saturated heterocycles. The van der Waals surface area contributed by atoms with Crippen LogP contribution in [0.5, 0.6) is 0 Å². The van der Waals surface area contributed by atoms with Gasteiger partial charge in [-0.15, -0.1) is 0 Å². The second-order valence-corrected chi connectivity index (χ2v) is 8.23. The van der Waals surface area contributed by atoms with Crippen molar-refractivity contribution in [2.75, 3.05) is 6.54 Å². The normalized spacial score (nSPS) is 42.0. The maximum atomic E-state index is 11.5. The van der Waals surface area contributed by atoms with E-state index in [1.165, 1.54) is 19.3 Å². The van der Waals surface area contributed by atoms with E-state index in [2.05, 4.69) is 27.7 Å². The minimum absolute atomic E-state index is 0.0311. The second-order valence-electron chi connectivity index (χ2n) is 8.23. The van der Waals surface area contributed by atoms with E-state index in [1.54, 1.807) is 0 Å². The van der Waals surface area contributed by atoms with Gasteiger partial charge in [-0.05, 0) is 49.4 Å². The Kier molecular flexibility index (Phi) is 4.06. The summed E-state index contributed by atoms with van der Waals surface area (Å²) in [5.74, 6) is 1.00. The number of rotatable bonds is 2. The van der Waals surface area contributed by atoms with Gasteiger partial charge in [-0.25, -0.2) is 0 Å². The maximum absolute atomic E-state index is 11.5. The molecule has 0 aliphatic heterocycles. The molecule has 112 valence electrons. The van der Waals surface area contributed by atoms with Gasteiger partial charge in [0.05, 0.1) is 5.60 Å². The Labute approximate surface area is 119 Å². The van der Waals surface area contributed by atoms with Crippen molar-refractivity contribution in [3.8, 4) is 0 Å². The third kappa shape index (κ3) is 2.47. The lowest BCUT2D eigenvalue weighted by molar-refractivity contribution is -0.173. The molecule has 0 spiro atoms. The van der Waals surface area contributed by atoms with Crippen molar-refractivity contribution in [3.63, 3.8) is 0 Å². The quantitative estimate of drug-likeness (QED) is 0.801. The summed E-state index contributed by atoms with van der Waals surface area (Å²) in [5.41, 5.74) is 6.06. The summed E-state index contributed by atoms with van der Waals surface area (Å²) < 4.78 is 0. The zero-order valence-corrected chi connectivity index (χ0v) is 13.3. The zero-order valence-electron chi connectivity index (χ0n) is 13.3. The molecule has 2 aliphatic carbocycles. The van der Waals surface area contributed by atoms with Crippen LogP contribution in [0.2, 0.25) is 0 Å². The maximum Gasteiger partial charge on any atom is 0.0743 e. The smallest absolute Gasteiger partial charge is 0.0743 e. The minimum Gasteiger partial charge on any atom is -0.389 e. The van der Waals surface area contributed by atoms with Crippen LogP contribution in [0.15, 0.2) is 0 Å². The Morgan fingerprint density at radius 1 is 1.05 bits per heavy atom. The fourth-order valence-electron chi connectivity index (χ4n) is 4.61. The highest BCUT2D eigenvalue weighted by Gasteiger charge is 2.56. The predicted molar refractivity (Wildman–Crippen MR) is 80.9 cm³/mol. The summed E-state index contributed by atoms with van der Waals surface area (Å²) in [4.78, 5) is 0. The average Bonchev–Trinajstić information content (AvgIpc) is 2.36. The highest BCUT2D eigenvalue weighted by Crippen LogP contribution is 2.56. The van der Waals surface area contributed by atoms with Crippen molar-refractivity contribution in [1.82, 2.24) is 0 Å². The van der Waals surface area contributed by atoms with Gasteiger partial charge in [-0.3, -0.25) is 0 Å². The summed E-state index contributed by atoms with van der Waals surface area (Å²) in [6, 6.07) is 0. The topological polar surface area (TPSA) is 46.2 Å². The van der Waals surface area contributed by atoms with Gasteiger partial charge >= 0.3 is 0 Å². The molecule has 2 nitrogen and oxygen atoms in total. The van der Waals surface area contributed by atoms with E-state index >= 15 is 0 Å². The Morgan fingerprint density at radius 2 is 1.63 bits per heavy atom. The highest BCUT2D eigenvalue weighted by molar-refractivity contribution is 5.07. The van der Waals surface area contributed by atoms with Crippen molar-refractivity contribution >= 4 is 0 Å². The predicted octanol–water partition coefficient (Wildman–Crippen LogP) is 3.72. The van der Waals surface area contributed by atoms with Crippen LogP contribution in [0.3, 0.4) is 0 Å². The van der Waals surface area contributed by atoms with Gasteiger partial charge in [0, 0.05) is 12.0 Å². The van der Waals surface area contributed by atoms with Gasteiger partial charge in [0.15, 0.2) is 0 Å². The van der Waals surface area contributed by atoms with E-state index in [0.29, 0.717) is 23.8 Å². The molecule has 0 aromatic rings. The van der Waals surface area contributed by atoms with Gasteiger partial charge in [0.25, 0.3) is 0 Å². The Hall–Kier alpha value is -0.0800. The highest BCUT2D eigenvalue weighted by atomic mass is 16.3. The molecule has 0 aromatic carbocycles. The molecule has 19 heavy (non-hydrogen) atoms. The molecule has 3 atom stereocenters. The Bertz CT molecular complexity index is 315. The second kappa shape index (κ2) is 5.04. The first-order valence-electron chi connectivity index (χ1n) is 8.19. The number of hydrogen-bond acceptors (Lipinski definition) is 2. The van der Waals surface area contributed by atoms with Crippen LogP contribution in [-0.4, -0.2) is 17.3 Å². The first-order chi connectivity index (χ1) is 8.76. The largest absolute Gasteiger partial charge is 0.389 e. The van der Waals surface area contributed by atoms with E-state index in [9.17, 15) is 5.11 Å². The van der Waals surface area contributed by atoms with Crippen LogP contribution in [0, 0.1) is 22.7 Å². The van der Waals surface area contributed by atoms with Crippen molar-refractivity contribution < 1.29 is 5.11 Å². The first-order valence-corrected chi connectivity index (χ1v) is 8.19. The molecule has 2 heteroatoms. The van der Waals surface area contributed by atoms with E-state index in [4.69, 9.17) is 5.73 Å². The lowest BCUT2D eigenvalue weighted by Gasteiger charge is -2.57. The van der Waals surface area contributed by atoms with Crippen molar-refractivity contribution in [1.29, 1.82) is 0 Å². The minimum atomic E-state index is -0.532. The fraction of sp³-hybridized carbons (Fsp3) is 1.00. The monoisotopic (exact) mass is 267 g/mol. The van der Waals surface area contributed by atoms with E-state index < -0.39 is 5.60 Å². The number of nitrogens with two attached hydrogens (primary N) is 1. The SMILES string of the molecule is CC1CCCC(O)(C2(CN)CCC(C)(C)CC2)C1C. The van der Waals surface area contributed by atoms with Gasteiger partial charge in [-0.1, -0.05) is 40.5 Å². The van der Waals surface area contributed by atoms with Crippen LogP contribution in [0.4, 0.5) is 0 Å². The molecule has 2 aliphatic rings. The third-order valence-corrected chi connectivity index (χ3v) is 6.69. The van der Waals surface area contributed by atoms with Gasteiger partial charge in [0.2, 0.25) is 0 Å². The molecule has 3 N–H and O–H groups in total. The Balaban J connectivity index is 2.25. The van der Waals surface area contributed by atoms with Crippen LogP contribution in [-0.2, 0) is 0 Å². The molecule has 0 amide bonds. The number of hydrogen-bond donors (Lipinski definition) is 2. The summed E-state index contributed by atoms with van der Waals surface area (Å²) in [6.07, 6.45) is 7.98.